The Hall–Kier alpha value is 1.00. The van der Waals surface area contributed by atoms with E-state index in [1.54, 1.807) is 0 Å². The van der Waals surface area contributed by atoms with Gasteiger partial charge >= 0.3 is 0 Å². The summed E-state index contributed by atoms with van der Waals surface area (Å²) >= 11 is 0. The Kier molecular flexibility index (Phi) is 23.7. The SMILES string of the molecule is CN(C)C1CCC(N)CC1.CN(C)C1CCC(N)CC1.Cl.Cl.Cl.Cl. The Morgan fingerprint density at radius 1 is 0.500 bits per heavy atom. The lowest BCUT2D eigenvalue weighted by atomic mass is 9.91. The average molecular weight is 430 g/mol. The number of hydrogen-bond donors (Lipinski definition) is 2. The monoisotopic (exact) mass is 428 g/mol. The molecule has 0 aromatic rings. The van der Waals surface area contributed by atoms with Gasteiger partial charge in [0.25, 0.3) is 0 Å². The highest BCUT2D eigenvalue weighted by Crippen LogP contribution is 2.20. The van der Waals surface area contributed by atoms with Crippen LogP contribution in [0.5, 0.6) is 0 Å². The first-order valence-corrected chi connectivity index (χ1v) is 8.24. The van der Waals surface area contributed by atoms with Crippen LogP contribution in [-0.2, 0) is 0 Å². The van der Waals surface area contributed by atoms with Gasteiger partial charge in [-0.3, -0.25) is 0 Å². The van der Waals surface area contributed by atoms with Crippen LogP contribution < -0.4 is 11.5 Å². The molecule has 4 nitrogen and oxygen atoms in total. The van der Waals surface area contributed by atoms with E-state index in [0.717, 1.165) is 12.1 Å². The van der Waals surface area contributed by atoms with Gasteiger partial charge in [-0.25, -0.2) is 0 Å². The third-order valence-corrected chi connectivity index (χ3v) is 4.94. The second-order valence-corrected chi connectivity index (χ2v) is 7.06. The highest BCUT2D eigenvalue weighted by molar-refractivity contribution is 5.86. The summed E-state index contributed by atoms with van der Waals surface area (Å²) in [5.74, 6) is 0. The molecule has 0 atom stereocenters. The van der Waals surface area contributed by atoms with Crippen molar-refractivity contribution in [3.63, 3.8) is 0 Å². The van der Waals surface area contributed by atoms with Crippen molar-refractivity contribution in [3.05, 3.63) is 0 Å². The quantitative estimate of drug-likeness (QED) is 0.706. The molecule has 0 spiro atoms. The van der Waals surface area contributed by atoms with E-state index in [0.29, 0.717) is 12.1 Å². The van der Waals surface area contributed by atoms with Gasteiger partial charge < -0.3 is 21.3 Å². The van der Waals surface area contributed by atoms with Crippen molar-refractivity contribution in [3.8, 4) is 0 Å². The first kappa shape index (κ1) is 32.7. The van der Waals surface area contributed by atoms with Crippen molar-refractivity contribution in [2.24, 2.45) is 11.5 Å². The summed E-state index contributed by atoms with van der Waals surface area (Å²) in [6.45, 7) is 0. The number of halogens is 4. The van der Waals surface area contributed by atoms with Crippen LogP contribution in [0, 0.1) is 0 Å². The molecule has 0 aromatic heterocycles. The van der Waals surface area contributed by atoms with Gasteiger partial charge in [-0.2, -0.15) is 0 Å². The lowest BCUT2D eigenvalue weighted by molar-refractivity contribution is 0.217. The third kappa shape index (κ3) is 13.2. The molecule has 4 N–H and O–H groups in total. The van der Waals surface area contributed by atoms with E-state index >= 15 is 0 Å². The molecular weight excluding hydrogens is 390 g/mol. The summed E-state index contributed by atoms with van der Waals surface area (Å²) in [5, 5.41) is 0. The molecule has 2 fully saturated rings. The molecule has 0 amide bonds. The maximum absolute atomic E-state index is 5.78. The van der Waals surface area contributed by atoms with E-state index in [4.69, 9.17) is 11.5 Å². The molecule has 2 saturated carbocycles. The summed E-state index contributed by atoms with van der Waals surface area (Å²) < 4.78 is 0. The fraction of sp³-hybridized carbons (Fsp3) is 1.00. The Morgan fingerprint density at radius 2 is 0.708 bits per heavy atom. The second kappa shape index (κ2) is 17.4. The largest absolute Gasteiger partial charge is 0.328 e. The standard InChI is InChI=1S/2C8H18N2.4ClH/c2*1-10(2)8-5-3-7(9)4-6-8;;;;/h2*7-8H,3-6,9H2,1-2H3;4*1H. The Bertz CT molecular complexity index is 228. The van der Waals surface area contributed by atoms with Crippen LogP contribution in [0.1, 0.15) is 51.4 Å². The van der Waals surface area contributed by atoms with Gasteiger partial charge in [0, 0.05) is 24.2 Å². The van der Waals surface area contributed by atoms with Gasteiger partial charge in [0.15, 0.2) is 0 Å². The van der Waals surface area contributed by atoms with Crippen LogP contribution in [0.4, 0.5) is 0 Å². The minimum Gasteiger partial charge on any atom is -0.328 e. The predicted molar refractivity (Wildman–Crippen MR) is 117 cm³/mol. The van der Waals surface area contributed by atoms with Gasteiger partial charge in [0.05, 0.1) is 0 Å². The first-order chi connectivity index (χ1) is 9.40. The first-order valence-electron chi connectivity index (χ1n) is 8.24. The molecular formula is C16H40Cl4N4. The molecule has 0 aromatic carbocycles. The summed E-state index contributed by atoms with van der Waals surface area (Å²) in [5.41, 5.74) is 11.6. The lowest BCUT2D eigenvalue weighted by Crippen LogP contribution is -2.36. The summed E-state index contributed by atoms with van der Waals surface area (Å²) in [4.78, 5) is 4.62. The molecule has 152 valence electrons. The molecule has 2 rings (SSSR count). The topological polar surface area (TPSA) is 58.5 Å². The third-order valence-electron chi connectivity index (χ3n) is 4.94. The fourth-order valence-electron chi connectivity index (χ4n) is 3.24. The van der Waals surface area contributed by atoms with Crippen molar-refractivity contribution in [1.82, 2.24) is 9.80 Å². The van der Waals surface area contributed by atoms with Crippen molar-refractivity contribution in [2.75, 3.05) is 28.2 Å². The number of rotatable bonds is 2. The van der Waals surface area contributed by atoms with E-state index in [1.165, 1.54) is 51.4 Å². The normalized spacial score (nSPS) is 29.0. The molecule has 24 heavy (non-hydrogen) atoms. The molecule has 0 bridgehead atoms. The van der Waals surface area contributed by atoms with Gasteiger partial charge in [0.2, 0.25) is 0 Å². The molecule has 0 heterocycles. The minimum atomic E-state index is 0. The van der Waals surface area contributed by atoms with Gasteiger partial charge in [-0.05, 0) is 79.6 Å². The zero-order chi connectivity index (χ0) is 15.1. The zero-order valence-corrected chi connectivity index (χ0v) is 18.9. The fourth-order valence-corrected chi connectivity index (χ4v) is 3.24. The van der Waals surface area contributed by atoms with Crippen molar-refractivity contribution < 1.29 is 0 Å². The van der Waals surface area contributed by atoms with Crippen molar-refractivity contribution in [2.45, 2.75) is 75.5 Å². The van der Waals surface area contributed by atoms with Crippen LogP contribution in [0.2, 0.25) is 0 Å². The molecule has 2 aliphatic rings. The van der Waals surface area contributed by atoms with E-state index in [1.807, 2.05) is 0 Å². The van der Waals surface area contributed by atoms with E-state index in [2.05, 4.69) is 38.0 Å². The molecule has 0 saturated heterocycles. The maximum atomic E-state index is 5.78. The van der Waals surface area contributed by atoms with Gasteiger partial charge in [-0.1, -0.05) is 0 Å². The number of nitrogens with zero attached hydrogens (tertiary/aromatic N) is 2. The maximum Gasteiger partial charge on any atom is 0.00903 e. The van der Waals surface area contributed by atoms with Gasteiger partial charge in [-0.15, -0.1) is 49.6 Å². The lowest BCUT2D eigenvalue weighted by Gasteiger charge is -2.30. The van der Waals surface area contributed by atoms with Crippen molar-refractivity contribution in [1.29, 1.82) is 0 Å². The van der Waals surface area contributed by atoms with Gasteiger partial charge in [0.1, 0.15) is 0 Å². The van der Waals surface area contributed by atoms with Crippen LogP contribution in [0.3, 0.4) is 0 Å². The predicted octanol–water partition coefficient (Wildman–Crippen LogP) is 3.32. The average Bonchev–Trinajstić information content (AvgIpc) is 2.40. The molecule has 0 aliphatic heterocycles. The van der Waals surface area contributed by atoms with E-state index < -0.39 is 0 Å². The Labute approximate surface area is 174 Å². The van der Waals surface area contributed by atoms with Crippen LogP contribution in [0.25, 0.3) is 0 Å². The minimum absolute atomic E-state index is 0. The van der Waals surface area contributed by atoms with Crippen LogP contribution in [0.15, 0.2) is 0 Å². The van der Waals surface area contributed by atoms with E-state index in [-0.39, 0.29) is 49.6 Å². The number of hydrogen-bond acceptors (Lipinski definition) is 4. The highest BCUT2D eigenvalue weighted by Gasteiger charge is 2.20. The second-order valence-electron chi connectivity index (χ2n) is 7.06. The Balaban J connectivity index is -0.000000143. The smallest absolute Gasteiger partial charge is 0.00903 e. The zero-order valence-electron chi connectivity index (χ0n) is 15.6. The summed E-state index contributed by atoms with van der Waals surface area (Å²) in [6, 6.07) is 2.55. The van der Waals surface area contributed by atoms with Crippen LogP contribution in [-0.4, -0.2) is 62.2 Å². The molecule has 8 heteroatoms. The number of nitrogens with two attached hydrogens (primary N) is 2. The van der Waals surface area contributed by atoms with E-state index in [9.17, 15) is 0 Å². The summed E-state index contributed by atoms with van der Waals surface area (Å²) in [7, 11) is 8.62. The van der Waals surface area contributed by atoms with Crippen LogP contribution >= 0.6 is 49.6 Å². The molecule has 0 radical (unpaired) electrons. The highest BCUT2D eigenvalue weighted by atomic mass is 35.5. The molecule has 2 aliphatic carbocycles. The van der Waals surface area contributed by atoms with Crippen molar-refractivity contribution >= 4 is 49.6 Å². The summed E-state index contributed by atoms with van der Waals surface area (Å²) in [6.07, 6.45) is 9.99. The molecule has 0 unspecified atom stereocenters. The Morgan fingerprint density at radius 3 is 0.875 bits per heavy atom.